The molecule has 1 aromatic carbocycles. The number of piperidine rings is 1. The summed E-state index contributed by atoms with van der Waals surface area (Å²) in [6.07, 6.45) is 6.66. The molecule has 13 nitrogen and oxygen atoms in total. The monoisotopic (exact) mass is 568 g/mol. The van der Waals surface area contributed by atoms with Crippen LogP contribution in [-0.2, 0) is 24.3 Å². The van der Waals surface area contributed by atoms with E-state index in [0.717, 1.165) is 6.26 Å². The molecule has 3 atom stereocenters. The van der Waals surface area contributed by atoms with Crippen LogP contribution in [0.4, 0.5) is 11.4 Å². The number of aromatic nitrogens is 3. The molecule has 1 unspecified atom stereocenters. The minimum Gasteiger partial charge on any atom is -0.483 e. The van der Waals surface area contributed by atoms with Crippen LogP contribution >= 0.6 is 0 Å². The Labute approximate surface area is 230 Å². The maximum atomic E-state index is 13.5. The zero-order chi connectivity index (χ0) is 28.7. The summed E-state index contributed by atoms with van der Waals surface area (Å²) in [6.45, 7) is 0.516. The molecule has 5 rings (SSSR count). The summed E-state index contributed by atoms with van der Waals surface area (Å²) in [5.74, 6) is -0.544. The van der Waals surface area contributed by atoms with Gasteiger partial charge in [0.05, 0.1) is 29.9 Å². The van der Waals surface area contributed by atoms with Crippen molar-refractivity contribution in [1.82, 2.24) is 19.9 Å². The molecule has 14 heteroatoms. The van der Waals surface area contributed by atoms with Crippen LogP contribution in [0, 0.1) is 5.92 Å². The Balaban J connectivity index is 0.00000118. The van der Waals surface area contributed by atoms with Crippen LogP contribution in [0.1, 0.15) is 23.2 Å². The van der Waals surface area contributed by atoms with E-state index in [0.29, 0.717) is 47.9 Å². The van der Waals surface area contributed by atoms with Gasteiger partial charge < -0.3 is 20.1 Å². The van der Waals surface area contributed by atoms with Crippen molar-refractivity contribution in [2.45, 2.75) is 25.0 Å². The van der Waals surface area contributed by atoms with E-state index in [2.05, 4.69) is 25.0 Å². The Kier molecular flexibility index (Phi) is 9.01. The van der Waals surface area contributed by atoms with Crippen molar-refractivity contribution in [2.75, 3.05) is 29.4 Å². The molecule has 4 heterocycles. The molecule has 3 N–H and O–H groups in total. The Bertz CT molecular complexity index is 1440. The zero-order valence-corrected chi connectivity index (χ0v) is 22.3. The maximum Gasteiger partial charge on any atom is 0.290 e. The van der Waals surface area contributed by atoms with Gasteiger partial charge in [0, 0.05) is 43.1 Å². The third kappa shape index (κ3) is 7.15. The number of sulfonamides is 1. The number of pyridine rings is 1. The molecule has 210 valence electrons. The van der Waals surface area contributed by atoms with E-state index in [9.17, 15) is 18.0 Å². The number of anilines is 2. The summed E-state index contributed by atoms with van der Waals surface area (Å²) in [6, 6.07) is 11.7. The highest BCUT2D eigenvalue weighted by molar-refractivity contribution is 7.92. The minimum atomic E-state index is -3.39. The highest BCUT2D eigenvalue weighted by Gasteiger charge is 2.44. The lowest BCUT2D eigenvalue weighted by molar-refractivity contribution is -0.124. The van der Waals surface area contributed by atoms with E-state index in [1.165, 1.54) is 12.4 Å². The Morgan fingerprint density at radius 1 is 1.07 bits per heavy atom. The molecule has 2 amide bonds. The number of nitrogens with one attached hydrogen (secondary N) is 2. The molecule has 40 heavy (non-hydrogen) atoms. The highest BCUT2D eigenvalue weighted by Crippen LogP contribution is 2.33. The van der Waals surface area contributed by atoms with Gasteiger partial charge in [0.2, 0.25) is 15.9 Å². The molecule has 2 aliphatic rings. The summed E-state index contributed by atoms with van der Waals surface area (Å²) in [7, 11) is -3.39. The van der Waals surface area contributed by atoms with Gasteiger partial charge in [-0.15, -0.1) is 0 Å². The Hall–Kier alpha value is -4.43. The van der Waals surface area contributed by atoms with E-state index in [-0.39, 0.29) is 37.0 Å². The topological polar surface area (TPSA) is 181 Å². The predicted molar refractivity (Wildman–Crippen MR) is 145 cm³/mol. The molecular formula is C26H28N6O7S. The number of amides is 2. The zero-order valence-electron chi connectivity index (χ0n) is 21.5. The predicted octanol–water partition coefficient (Wildman–Crippen LogP) is 1.87. The molecule has 0 aliphatic carbocycles. The Morgan fingerprint density at radius 3 is 2.38 bits per heavy atom. The van der Waals surface area contributed by atoms with E-state index in [4.69, 9.17) is 14.6 Å². The second-order valence-electron chi connectivity index (χ2n) is 9.21. The average molecular weight is 569 g/mol. The number of benzene rings is 1. The lowest BCUT2D eigenvalue weighted by atomic mass is 9.89. The van der Waals surface area contributed by atoms with E-state index >= 15 is 0 Å². The normalized spacial score (nSPS) is 19.9. The molecule has 3 aromatic rings. The number of hydrogen-bond donors (Lipinski definition) is 3. The number of rotatable bonds is 6. The van der Waals surface area contributed by atoms with Crippen molar-refractivity contribution in [3.05, 3.63) is 66.6 Å². The van der Waals surface area contributed by atoms with Gasteiger partial charge in [0.15, 0.2) is 5.82 Å². The number of likely N-dealkylation sites (tertiary alicyclic amines) is 1. The van der Waals surface area contributed by atoms with Gasteiger partial charge in [-0.2, -0.15) is 0 Å². The third-order valence-electron chi connectivity index (χ3n) is 6.39. The largest absolute Gasteiger partial charge is 0.483 e. The molecule has 2 saturated heterocycles. The summed E-state index contributed by atoms with van der Waals surface area (Å²) in [4.78, 5) is 49.5. The van der Waals surface area contributed by atoms with Crippen molar-refractivity contribution < 1.29 is 32.6 Å². The number of carboxylic acid groups (broad SMARTS) is 1. The fraction of sp³-hybridized carbons (Fsp3) is 0.308. The van der Waals surface area contributed by atoms with Crippen LogP contribution in [0.2, 0.25) is 0 Å². The molecular weight excluding hydrogens is 540 g/mol. The highest BCUT2D eigenvalue weighted by atomic mass is 32.2. The second kappa shape index (κ2) is 12.6. The van der Waals surface area contributed by atoms with Crippen LogP contribution in [0.5, 0.6) is 0 Å². The minimum absolute atomic E-state index is 0.117. The SMILES string of the molecule is CS(=O)(=O)Nc1ccc(NC(=O)C2C[C@@H]3OCC[C@@H]3N(C(=O)c3cnc(-c4ccccn4)nc3)C2)cc1.O=CO. The van der Waals surface area contributed by atoms with Crippen molar-refractivity contribution >= 4 is 39.7 Å². The molecule has 0 saturated carbocycles. The lowest BCUT2D eigenvalue weighted by Crippen LogP contribution is -2.54. The van der Waals surface area contributed by atoms with Crippen LogP contribution in [-0.4, -0.2) is 83.2 Å². The van der Waals surface area contributed by atoms with Crippen molar-refractivity contribution in [3.8, 4) is 11.5 Å². The summed E-state index contributed by atoms with van der Waals surface area (Å²) in [5, 5.41) is 9.75. The molecule has 0 spiro atoms. The van der Waals surface area contributed by atoms with Crippen molar-refractivity contribution in [1.29, 1.82) is 0 Å². The van der Waals surface area contributed by atoms with Crippen LogP contribution in [0.25, 0.3) is 11.5 Å². The first-order chi connectivity index (χ1) is 19.2. The quantitative estimate of drug-likeness (QED) is 0.371. The molecule has 2 fully saturated rings. The van der Waals surface area contributed by atoms with Gasteiger partial charge in [0.25, 0.3) is 12.4 Å². The molecule has 0 radical (unpaired) electrons. The van der Waals surface area contributed by atoms with Gasteiger partial charge in [0.1, 0.15) is 5.69 Å². The maximum absolute atomic E-state index is 13.5. The average Bonchev–Trinajstić information content (AvgIpc) is 3.42. The number of nitrogens with zero attached hydrogens (tertiary/aromatic N) is 4. The fourth-order valence-electron chi connectivity index (χ4n) is 4.68. The number of ether oxygens (including phenoxy) is 1. The molecule has 2 aliphatic heterocycles. The fourth-order valence-corrected chi connectivity index (χ4v) is 5.25. The van der Waals surface area contributed by atoms with Gasteiger partial charge in [-0.05, 0) is 49.2 Å². The number of hydrogen-bond acceptors (Lipinski definition) is 9. The number of fused-ring (bicyclic) bond motifs is 1. The third-order valence-corrected chi connectivity index (χ3v) is 7.00. The summed E-state index contributed by atoms with van der Waals surface area (Å²) < 4.78 is 31.0. The van der Waals surface area contributed by atoms with Crippen molar-refractivity contribution in [2.24, 2.45) is 5.92 Å². The lowest BCUT2D eigenvalue weighted by Gasteiger charge is -2.40. The van der Waals surface area contributed by atoms with Crippen LogP contribution < -0.4 is 10.0 Å². The summed E-state index contributed by atoms with van der Waals surface area (Å²) in [5.41, 5.74) is 1.87. The van der Waals surface area contributed by atoms with E-state index in [1.54, 1.807) is 47.5 Å². The summed E-state index contributed by atoms with van der Waals surface area (Å²) >= 11 is 0. The first-order valence-electron chi connectivity index (χ1n) is 12.3. The van der Waals surface area contributed by atoms with Gasteiger partial charge in [-0.3, -0.25) is 24.1 Å². The first kappa shape index (κ1) is 28.6. The number of carbonyl (C=O) groups is 3. The number of carbonyl (C=O) groups excluding carboxylic acids is 2. The van der Waals surface area contributed by atoms with Gasteiger partial charge in [-0.1, -0.05) is 6.07 Å². The molecule has 2 aromatic heterocycles. The van der Waals surface area contributed by atoms with Gasteiger partial charge in [-0.25, -0.2) is 18.4 Å². The van der Waals surface area contributed by atoms with Crippen LogP contribution in [0.15, 0.2) is 61.1 Å². The van der Waals surface area contributed by atoms with E-state index < -0.39 is 15.9 Å². The standard InChI is InChI=1S/C25H26N6O5S.CH2O2/c1-37(34,35)30-19-7-5-18(6-8-19)29-24(32)16-12-22-21(9-11-36-22)31(15-16)25(33)17-13-27-23(28-14-17)20-4-2-3-10-26-20;2-1-3/h2-8,10,13-14,16,21-22,30H,9,11-12,15H2,1H3,(H,29,32);1H,(H,2,3)/t16?,21-,22-;/m0./s1. The first-order valence-corrected chi connectivity index (χ1v) is 14.2. The van der Waals surface area contributed by atoms with Crippen molar-refractivity contribution in [3.63, 3.8) is 0 Å². The van der Waals surface area contributed by atoms with E-state index in [1.807, 2.05) is 6.07 Å². The van der Waals surface area contributed by atoms with Gasteiger partial charge >= 0.3 is 0 Å². The van der Waals surface area contributed by atoms with Crippen LogP contribution in [0.3, 0.4) is 0 Å². The second-order valence-corrected chi connectivity index (χ2v) is 11.0. The smallest absolute Gasteiger partial charge is 0.290 e. The Morgan fingerprint density at radius 2 is 1.75 bits per heavy atom. The molecule has 0 bridgehead atoms.